The van der Waals surface area contributed by atoms with Crippen molar-refractivity contribution in [1.82, 2.24) is 9.55 Å². The summed E-state index contributed by atoms with van der Waals surface area (Å²) in [4.78, 5) is 18.9. The fraction of sp³-hybridized carbons (Fsp3) is 0.214. The predicted molar refractivity (Wildman–Crippen MR) is 148 cm³/mol. The van der Waals surface area contributed by atoms with Gasteiger partial charge in [-0.25, -0.2) is 4.98 Å². The van der Waals surface area contributed by atoms with E-state index in [-0.39, 0.29) is 11.2 Å². The number of benzene rings is 3. The third-order valence-electron chi connectivity index (χ3n) is 6.88. The number of nitrogens with one attached hydrogen (secondary N) is 1. The van der Waals surface area contributed by atoms with Gasteiger partial charge in [0.2, 0.25) is 0 Å². The summed E-state index contributed by atoms with van der Waals surface area (Å²) in [7, 11) is 0. The molecular formula is C28H21Cl4N3O. The number of allylic oxidation sites excluding steroid dienone is 2. The summed E-state index contributed by atoms with van der Waals surface area (Å²) < 4.78 is 2.08. The first-order chi connectivity index (χ1) is 17.1. The van der Waals surface area contributed by atoms with Crippen LogP contribution in [0.3, 0.4) is 0 Å². The second kappa shape index (κ2) is 8.53. The van der Waals surface area contributed by atoms with Gasteiger partial charge >= 0.3 is 0 Å². The van der Waals surface area contributed by atoms with E-state index in [0.29, 0.717) is 43.5 Å². The van der Waals surface area contributed by atoms with E-state index >= 15 is 0 Å². The molecule has 1 aliphatic heterocycles. The highest BCUT2D eigenvalue weighted by molar-refractivity contribution is 6.36. The fourth-order valence-electron chi connectivity index (χ4n) is 5.43. The maximum absolute atomic E-state index is 13.9. The number of imidazole rings is 1. The molecule has 6 rings (SSSR count). The molecule has 2 aliphatic rings. The highest BCUT2D eigenvalue weighted by Crippen LogP contribution is 2.49. The van der Waals surface area contributed by atoms with Crippen molar-refractivity contribution in [2.75, 3.05) is 5.32 Å². The number of aromatic nitrogens is 2. The van der Waals surface area contributed by atoms with E-state index in [1.165, 1.54) is 0 Å². The summed E-state index contributed by atoms with van der Waals surface area (Å²) in [5.41, 5.74) is 5.41. The summed E-state index contributed by atoms with van der Waals surface area (Å²) in [6.07, 6.45) is 1.15. The molecule has 0 spiro atoms. The number of anilines is 1. The third kappa shape index (κ3) is 3.83. The Morgan fingerprint density at radius 3 is 2.39 bits per heavy atom. The van der Waals surface area contributed by atoms with Gasteiger partial charge in [-0.2, -0.15) is 0 Å². The summed E-state index contributed by atoms with van der Waals surface area (Å²) in [6, 6.07) is 16.1. The molecule has 4 aromatic rings. The maximum Gasteiger partial charge on any atom is 0.163 e. The highest BCUT2D eigenvalue weighted by Gasteiger charge is 2.41. The molecule has 0 saturated carbocycles. The number of hydrogen-bond acceptors (Lipinski definition) is 3. The molecule has 1 unspecified atom stereocenters. The Balaban J connectivity index is 1.75. The van der Waals surface area contributed by atoms with Crippen LogP contribution in [0.25, 0.3) is 22.4 Å². The smallest absolute Gasteiger partial charge is 0.163 e. The molecule has 4 nitrogen and oxygen atoms in total. The van der Waals surface area contributed by atoms with Crippen LogP contribution in [0.1, 0.15) is 38.3 Å². The zero-order chi connectivity index (χ0) is 25.4. The van der Waals surface area contributed by atoms with E-state index < -0.39 is 6.04 Å². The van der Waals surface area contributed by atoms with E-state index in [9.17, 15) is 4.79 Å². The monoisotopic (exact) mass is 555 g/mol. The van der Waals surface area contributed by atoms with Gasteiger partial charge in [0.15, 0.2) is 5.78 Å². The lowest BCUT2D eigenvalue weighted by Crippen LogP contribution is -2.31. The molecule has 3 aromatic carbocycles. The molecule has 1 aromatic heterocycles. The van der Waals surface area contributed by atoms with Crippen molar-refractivity contribution < 1.29 is 4.79 Å². The largest absolute Gasteiger partial charge is 0.357 e. The normalized spacial score (nSPS) is 18.7. The molecule has 0 fully saturated rings. The lowest BCUT2D eigenvalue weighted by atomic mass is 9.73. The summed E-state index contributed by atoms with van der Waals surface area (Å²) in [5, 5.41) is 5.61. The lowest BCUT2D eigenvalue weighted by molar-refractivity contribution is -0.118. The molecular weight excluding hydrogens is 536 g/mol. The third-order valence-corrected chi connectivity index (χ3v) is 7.99. The van der Waals surface area contributed by atoms with Crippen LogP contribution in [0.15, 0.2) is 65.9 Å². The fourth-order valence-corrected chi connectivity index (χ4v) is 6.44. The number of ketones is 1. The topological polar surface area (TPSA) is 46.9 Å². The minimum Gasteiger partial charge on any atom is -0.357 e. The molecule has 8 heteroatoms. The molecule has 2 heterocycles. The van der Waals surface area contributed by atoms with E-state index in [0.717, 1.165) is 34.4 Å². The minimum atomic E-state index is -0.531. The van der Waals surface area contributed by atoms with Gasteiger partial charge in [0, 0.05) is 38.3 Å². The van der Waals surface area contributed by atoms with Crippen LogP contribution in [0.5, 0.6) is 0 Å². The first kappa shape index (κ1) is 23.9. The average Bonchev–Trinajstić information content (AvgIpc) is 3.09. The molecule has 0 saturated heterocycles. The number of carbonyl (C=O) groups excluding carboxylic acids is 1. The number of nitrogens with zero attached hydrogens (tertiary/aromatic N) is 2. The van der Waals surface area contributed by atoms with Crippen molar-refractivity contribution >= 4 is 68.9 Å². The van der Waals surface area contributed by atoms with Gasteiger partial charge in [0.05, 0.1) is 27.8 Å². The van der Waals surface area contributed by atoms with E-state index in [1.54, 1.807) is 24.3 Å². The molecule has 0 radical (unpaired) electrons. The summed E-state index contributed by atoms with van der Waals surface area (Å²) in [5.74, 6) is 0.705. The summed E-state index contributed by atoms with van der Waals surface area (Å²) in [6.45, 7) is 4.24. The number of rotatable bonds is 2. The Labute approximate surface area is 228 Å². The minimum absolute atomic E-state index is 0.0765. The van der Waals surface area contributed by atoms with Crippen LogP contribution in [0.2, 0.25) is 20.1 Å². The van der Waals surface area contributed by atoms with Crippen molar-refractivity contribution in [3.8, 4) is 11.4 Å². The van der Waals surface area contributed by atoms with Crippen molar-refractivity contribution in [1.29, 1.82) is 0 Å². The van der Waals surface area contributed by atoms with Gasteiger partial charge in [0.25, 0.3) is 0 Å². The van der Waals surface area contributed by atoms with Gasteiger partial charge in [-0.1, -0.05) is 72.4 Å². The second-order valence-electron chi connectivity index (χ2n) is 10.1. The van der Waals surface area contributed by atoms with Crippen LogP contribution >= 0.6 is 46.4 Å². The molecule has 0 amide bonds. The number of halogens is 4. The molecule has 182 valence electrons. The van der Waals surface area contributed by atoms with Crippen LogP contribution < -0.4 is 5.32 Å². The molecule has 36 heavy (non-hydrogen) atoms. The Hall–Kier alpha value is -2.50. The summed E-state index contributed by atoms with van der Waals surface area (Å²) >= 11 is 26.0. The van der Waals surface area contributed by atoms with E-state index in [4.69, 9.17) is 51.4 Å². The zero-order valence-corrected chi connectivity index (χ0v) is 22.5. The van der Waals surface area contributed by atoms with Crippen LogP contribution in [0.4, 0.5) is 5.69 Å². The molecule has 1 N–H and O–H groups in total. The van der Waals surface area contributed by atoms with Crippen LogP contribution in [-0.4, -0.2) is 15.3 Å². The Morgan fingerprint density at radius 1 is 0.944 bits per heavy atom. The van der Waals surface area contributed by atoms with Crippen molar-refractivity contribution in [3.63, 3.8) is 0 Å². The quantitative estimate of drug-likeness (QED) is 0.268. The van der Waals surface area contributed by atoms with Crippen molar-refractivity contribution in [2.24, 2.45) is 5.41 Å². The number of carbonyl (C=O) groups is 1. The number of Topliss-reactive ketones (excluding diaryl/α,β-unsaturated/α-hetero) is 1. The average molecular weight is 557 g/mol. The molecule has 1 aliphatic carbocycles. The van der Waals surface area contributed by atoms with Gasteiger partial charge in [0.1, 0.15) is 5.82 Å². The Bertz CT molecular complexity index is 1620. The first-order valence-electron chi connectivity index (χ1n) is 11.6. The Kier molecular flexibility index (Phi) is 5.65. The van der Waals surface area contributed by atoms with Crippen molar-refractivity contribution in [2.45, 2.75) is 32.7 Å². The van der Waals surface area contributed by atoms with Gasteiger partial charge in [-0.3, -0.25) is 4.79 Å². The number of hydrogen-bond donors (Lipinski definition) is 1. The SMILES string of the molecule is CC1(C)CC(=O)C2=C(C1)Nc1cccc3nc(-c4ccc(Cl)cc4Cl)n(c13)C2c1ccc(Cl)cc1Cl. The highest BCUT2D eigenvalue weighted by atomic mass is 35.5. The predicted octanol–water partition coefficient (Wildman–Crippen LogP) is 8.97. The maximum atomic E-state index is 13.9. The second-order valence-corrected chi connectivity index (χ2v) is 11.8. The van der Waals surface area contributed by atoms with E-state index in [1.807, 2.05) is 30.3 Å². The van der Waals surface area contributed by atoms with Crippen molar-refractivity contribution in [3.05, 3.63) is 91.5 Å². The van der Waals surface area contributed by atoms with E-state index in [2.05, 4.69) is 23.7 Å². The Morgan fingerprint density at radius 2 is 1.67 bits per heavy atom. The standard InChI is InChI=1S/C28H21Cl4N3O/c1-28(2)12-22-24(23(36)13-28)25(16-8-6-14(29)10-18(16)31)35-26-20(33-22)4-3-5-21(26)34-27(35)17-9-7-15(30)11-19(17)32/h3-11,25,33H,12-13H2,1-2H3. The van der Waals surface area contributed by atoms with Gasteiger partial charge < -0.3 is 9.88 Å². The lowest BCUT2D eigenvalue weighted by Gasteiger charge is -2.35. The molecule has 0 bridgehead atoms. The molecule has 1 atom stereocenters. The van der Waals surface area contributed by atoms with Crippen LogP contribution in [0, 0.1) is 5.41 Å². The zero-order valence-electron chi connectivity index (χ0n) is 19.5. The first-order valence-corrected chi connectivity index (χ1v) is 13.1. The van der Waals surface area contributed by atoms with Gasteiger partial charge in [-0.05, 0) is 59.9 Å². The van der Waals surface area contributed by atoms with Crippen LogP contribution in [-0.2, 0) is 4.79 Å². The van der Waals surface area contributed by atoms with Gasteiger partial charge in [-0.15, -0.1) is 0 Å². The number of para-hydroxylation sites is 1.